The average molecular weight is 266 g/mol. The van der Waals surface area contributed by atoms with Crippen LogP contribution in [0.3, 0.4) is 0 Å². The lowest BCUT2D eigenvalue weighted by Crippen LogP contribution is -2.45. The van der Waals surface area contributed by atoms with Gasteiger partial charge in [0.2, 0.25) is 5.91 Å². The first-order valence-corrected chi connectivity index (χ1v) is 6.47. The molecule has 1 saturated heterocycles. The van der Waals surface area contributed by atoms with Gasteiger partial charge in [0, 0.05) is 19.0 Å². The van der Waals surface area contributed by atoms with Crippen molar-refractivity contribution in [3.05, 3.63) is 35.6 Å². The van der Waals surface area contributed by atoms with Gasteiger partial charge in [0.05, 0.1) is 13.2 Å². The molecule has 2 N–H and O–H groups in total. The third kappa shape index (κ3) is 3.30. The van der Waals surface area contributed by atoms with E-state index in [2.05, 4.69) is 0 Å². The zero-order chi connectivity index (χ0) is 13.8. The first kappa shape index (κ1) is 14.0. The molecule has 1 aromatic carbocycles. The molecule has 0 spiro atoms. The number of hydrogen-bond donors (Lipinski definition) is 1. The van der Waals surface area contributed by atoms with Crippen molar-refractivity contribution in [2.75, 3.05) is 26.2 Å². The lowest BCUT2D eigenvalue weighted by atomic mass is 10.1. The molecule has 1 fully saturated rings. The Labute approximate surface area is 112 Å². The van der Waals surface area contributed by atoms with Gasteiger partial charge in [-0.15, -0.1) is 0 Å². The Morgan fingerprint density at radius 3 is 3.11 bits per heavy atom. The SMILES string of the molecule is CC(CN)C(=O)N1CCOC(c2cccc(F)c2)C1. The minimum absolute atomic E-state index is 0.0344. The van der Waals surface area contributed by atoms with Crippen molar-refractivity contribution in [1.29, 1.82) is 0 Å². The van der Waals surface area contributed by atoms with Crippen LogP contribution in [0.4, 0.5) is 4.39 Å². The maximum atomic E-state index is 13.2. The van der Waals surface area contributed by atoms with Gasteiger partial charge in [0.1, 0.15) is 11.9 Å². The molecule has 0 bridgehead atoms. The van der Waals surface area contributed by atoms with Crippen molar-refractivity contribution in [1.82, 2.24) is 4.90 Å². The largest absolute Gasteiger partial charge is 0.370 e. The second-order valence-electron chi connectivity index (χ2n) is 4.84. The second-order valence-corrected chi connectivity index (χ2v) is 4.84. The smallest absolute Gasteiger partial charge is 0.226 e. The van der Waals surface area contributed by atoms with E-state index in [9.17, 15) is 9.18 Å². The number of nitrogens with two attached hydrogens (primary N) is 1. The zero-order valence-electron chi connectivity index (χ0n) is 11.0. The van der Waals surface area contributed by atoms with Crippen LogP contribution in [-0.2, 0) is 9.53 Å². The van der Waals surface area contributed by atoms with E-state index >= 15 is 0 Å². The molecule has 5 heteroatoms. The van der Waals surface area contributed by atoms with E-state index in [-0.39, 0.29) is 23.7 Å². The summed E-state index contributed by atoms with van der Waals surface area (Å²) in [5, 5.41) is 0. The van der Waals surface area contributed by atoms with Crippen LogP contribution in [0.5, 0.6) is 0 Å². The summed E-state index contributed by atoms with van der Waals surface area (Å²) < 4.78 is 18.8. The molecule has 1 aliphatic rings. The molecule has 0 aliphatic carbocycles. The van der Waals surface area contributed by atoms with Gasteiger partial charge >= 0.3 is 0 Å². The molecule has 2 rings (SSSR count). The Bertz CT molecular complexity index is 453. The normalized spacial score (nSPS) is 21.2. The summed E-state index contributed by atoms with van der Waals surface area (Å²) in [4.78, 5) is 13.8. The molecule has 1 aromatic rings. The molecule has 104 valence electrons. The number of halogens is 1. The monoisotopic (exact) mass is 266 g/mol. The summed E-state index contributed by atoms with van der Waals surface area (Å²) in [6.07, 6.45) is -0.265. The van der Waals surface area contributed by atoms with Crippen LogP contribution >= 0.6 is 0 Å². The number of carbonyl (C=O) groups excluding carboxylic acids is 1. The van der Waals surface area contributed by atoms with Crippen LogP contribution in [-0.4, -0.2) is 37.0 Å². The highest BCUT2D eigenvalue weighted by atomic mass is 19.1. The Kier molecular flexibility index (Phi) is 4.50. The third-order valence-electron chi connectivity index (χ3n) is 3.37. The number of amides is 1. The molecular weight excluding hydrogens is 247 g/mol. The molecule has 0 saturated carbocycles. The molecule has 0 aromatic heterocycles. The molecular formula is C14H19FN2O2. The van der Waals surface area contributed by atoms with E-state index < -0.39 is 0 Å². The van der Waals surface area contributed by atoms with Gasteiger partial charge in [-0.25, -0.2) is 4.39 Å². The van der Waals surface area contributed by atoms with Crippen molar-refractivity contribution in [2.45, 2.75) is 13.0 Å². The number of benzene rings is 1. The van der Waals surface area contributed by atoms with Gasteiger partial charge in [-0.05, 0) is 17.7 Å². The van der Waals surface area contributed by atoms with Crippen molar-refractivity contribution in [3.8, 4) is 0 Å². The minimum Gasteiger partial charge on any atom is -0.370 e. The predicted molar refractivity (Wildman–Crippen MR) is 69.9 cm³/mol. The molecule has 2 unspecified atom stereocenters. The van der Waals surface area contributed by atoms with Crippen LogP contribution in [0.1, 0.15) is 18.6 Å². The van der Waals surface area contributed by atoms with Gasteiger partial charge in [0.15, 0.2) is 0 Å². The molecule has 0 radical (unpaired) electrons. The van der Waals surface area contributed by atoms with Crippen LogP contribution in [0.2, 0.25) is 0 Å². The van der Waals surface area contributed by atoms with Crippen molar-refractivity contribution < 1.29 is 13.9 Å². The van der Waals surface area contributed by atoms with Crippen molar-refractivity contribution >= 4 is 5.91 Å². The van der Waals surface area contributed by atoms with Gasteiger partial charge in [0.25, 0.3) is 0 Å². The number of rotatable bonds is 3. The van der Waals surface area contributed by atoms with E-state index in [1.54, 1.807) is 11.0 Å². The Morgan fingerprint density at radius 2 is 2.42 bits per heavy atom. The fraction of sp³-hybridized carbons (Fsp3) is 0.500. The van der Waals surface area contributed by atoms with E-state index in [1.807, 2.05) is 13.0 Å². The number of morpholine rings is 1. The predicted octanol–water partition coefficient (Wildman–Crippen LogP) is 1.32. The highest BCUT2D eigenvalue weighted by Crippen LogP contribution is 2.23. The summed E-state index contributed by atoms with van der Waals surface area (Å²) in [6, 6.07) is 6.31. The summed E-state index contributed by atoms with van der Waals surface area (Å²) >= 11 is 0. The Balaban J connectivity index is 2.07. The van der Waals surface area contributed by atoms with E-state index in [0.717, 1.165) is 5.56 Å². The second kappa shape index (κ2) is 6.12. The molecule has 4 nitrogen and oxygen atoms in total. The number of nitrogens with zero attached hydrogens (tertiary/aromatic N) is 1. The van der Waals surface area contributed by atoms with Crippen LogP contribution in [0.15, 0.2) is 24.3 Å². The minimum atomic E-state index is -0.292. The number of ether oxygens (including phenoxy) is 1. The first-order valence-electron chi connectivity index (χ1n) is 6.47. The summed E-state index contributed by atoms with van der Waals surface area (Å²) in [5.41, 5.74) is 6.28. The number of carbonyl (C=O) groups is 1. The molecule has 1 heterocycles. The highest BCUT2D eigenvalue weighted by Gasteiger charge is 2.27. The van der Waals surface area contributed by atoms with E-state index in [1.165, 1.54) is 12.1 Å². The third-order valence-corrected chi connectivity index (χ3v) is 3.37. The van der Waals surface area contributed by atoms with E-state index in [0.29, 0.717) is 26.2 Å². The molecule has 2 atom stereocenters. The van der Waals surface area contributed by atoms with Gasteiger partial charge < -0.3 is 15.4 Å². The van der Waals surface area contributed by atoms with Crippen LogP contribution < -0.4 is 5.73 Å². The maximum absolute atomic E-state index is 13.2. The Hall–Kier alpha value is -1.46. The quantitative estimate of drug-likeness (QED) is 0.897. The van der Waals surface area contributed by atoms with Crippen LogP contribution in [0.25, 0.3) is 0 Å². The Morgan fingerprint density at radius 1 is 1.63 bits per heavy atom. The lowest BCUT2D eigenvalue weighted by molar-refractivity contribution is -0.142. The topological polar surface area (TPSA) is 55.6 Å². The van der Waals surface area contributed by atoms with Crippen molar-refractivity contribution in [2.24, 2.45) is 11.7 Å². The standard InChI is InChI=1S/C14H19FN2O2/c1-10(8-16)14(18)17-5-6-19-13(9-17)11-3-2-4-12(15)7-11/h2-4,7,10,13H,5-6,8-9,16H2,1H3. The molecule has 1 aliphatic heterocycles. The van der Waals surface area contributed by atoms with Gasteiger partial charge in [-0.2, -0.15) is 0 Å². The van der Waals surface area contributed by atoms with E-state index in [4.69, 9.17) is 10.5 Å². The summed E-state index contributed by atoms with van der Waals surface area (Å²) in [7, 11) is 0. The van der Waals surface area contributed by atoms with Gasteiger partial charge in [-0.3, -0.25) is 4.79 Å². The fourth-order valence-corrected chi connectivity index (χ4v) is 2.17. The lowest BCUT2D eigenvalue weighted by Gasteiger charge is -2.34. The maximum Gasteiger partial charge on any atom is 0.226 e. The van der Waals surface area contributed by atoms with Gasteiger partial charge in [-0.1, -0.05) is 19.1 Å². The summed E-state index contributed by atoms with van der Waals surface area (Å²) in [5.74, 6) is -0.446. The average Bonchev–Trinajstić information content (AvgIpc) is 2.46. The summed E-state index contributed by atoms with van der Waals surface area (Å²) in [6.45, 7) is 3.63. The highest BCUT2D eigenvalue weighted by molar-refractivity contribution is 5.78. The fourth-order valence-electron chi connectivity index (χ4n) is 2.17. The zero-order valence-corrected chi connectivity index (χ0v) is 11.0. The first-order chi connectivity index (χ1) is 9.11. The molecule has 19 heavy (non-hydrogen) atoms. The van der Waals surface area contributed by atoms with Crippen LogP contribution in [0, 0.1) is 11.7 Å². The number of hydrogen-bond acceptors (Lipinski definition) is 3. The van der Waals surface area contributed by atoms with Crippen molar-refractivity contribution in [3.63, 3.8) is 0 Å². The molecule has 1 amide bonds.